The number of nitrogens with one attached hydrogen (secondary N) is 1. The van der Waals surface area contributed by atoms with Crippen LogP contribution in [0, 0.1) is 0 Å². The zero-order valence-electron chi connectivity index (χ0n) is 14.8. The first kappa shape index (κ1) is 19.2. The van der Waals surface area contributed by atoms with Crippen molar-refractivity contribution in [3.63, 3.8) is 0 Å². The van der Waals surface area contributed by atoms with Gasteiger partial charge in [0.25, 0.3) is 5.91 Å². The van der Waals surface area contributed by atoms with Crippen LogP contribution >= 0.6 is 0 Å². The molecule has 0 saturated heterocycles. The molecule has 26 heavy (non-hydrogen) atoms. The number of ketones is 1. The average Bonchev–Trinajstić information content (AvgIpc) is 2.62. The fourth-order valence-electron chi connectivity index (χ4n) is 2.22. The van der Waals surface area contributed by atoms with E-state index < -0.39 is 11.9 Å². The van der Waals surface area contributed by atoms with Crippen molar-refractivity contribution in [2.45, 2.75) is 20.3 Å². The van der Waals surface area contributed by atoms with E-state index in [1.165, 1.54) is 6.92 Å². The van der Waals surface area contributed by atoms with Crippen LogP contribution in [0.25, 0.3) is 0 Å². The fraction of sp³-hybridized carbons (Fsp3) is 0.250. The van der Waals surface area contributed by atoms with E-state index >= 15 is 0 Å². The minimum Gasteiger partial charge on any atom is -0.494 e. The number of carbonyl (C=O) groups is 3. The van der Waals surface area contributed by atoms with Gasteiger partial charge in [0, 0.05) is 11.3 Å². The minimum absolute atomic E-state index is 0.0499. The summed E-state index contributed by atoms with van der Waals surface area (Å²) in [6.45, 7) is 3.57. The van der Waals surface area contributed by atoms with Gasteiger partial charge >= 0.3 is 5.97 Å². The first-order chi connectivity index (χ1) is 12.5. The van der Waals surface area contributed by atoms with E-state index in [9.17, 15) is 14.4 Å². The average molecular weight is 355 g/mol. The zero-order valence-corrected chi connectivity index (χ0v) is 14.8. The standard InChI is InChI=1S/C20H21NO5/c1-3-25-18-10-4-15(5-11-18)12-20(24)26-13-19(23)21-17-8-6-16(7-9-17)14(2)22/h4-11H,3,12-13H2,1-2H3,(H,21,23). The Morgan fingerprint density at radius 1 is 0.962 bits per heavy atom. The first-order valence-corrected chi connectivity index (χ1v) is 8.26. The van der Waals surface area contributed by atoms with Gasteiger partial charge in [0.05, 0.1) is 13.0 Å². The highest BCUT2D eigenvalue weighted by Crippen LogP contribution is 2.13. The van der Waals surface area contributed by atoms with E-state index in [0.29, 0.717) is 17.9 Å². The summed E-state index contributed by atoms with van der Waals surface area (Å²) in [5, 5.41) is 2.60. The number of anilines is 1. The summed E-state index contributed by atoms with van der Waals surface area (Å²) < 4.78 is 10.3. The highest BCUT2D eigenvalue weighted by atomic mass is 16.5. The second-order valence-electron chi connectivity index (χ2n) is 5.60. The van der Waals surface area contributed by atoms with Crippen LogP contribution in [0.1, 0.15) is 29.8 Å². The van der Waals surface area contributed by atoms with Gasteiger partial charge in [-0.25, -0.2) is 0 Å². The van der Waals surface area contributed by atoms with Gasteiger partial charge < -0.3 is 14.8 Å². The molecule has 0 aromatic heterocycles. The summed E-state index contributed by atoms with van der Waals surface area (Å²) in [7, 11) is 0. The normalized spacial score (nSPS) is 10.1. The maximum atomic E-state index is 11.8. The molecule has 6 nitrogen and oxygen atoms in total. The molecule has 1 N–H and O–H groups in total. The zero-order chi connectivity index (χ0) is 18.9. The van der Waals surface area contributed by atoms with Crippen molar-refractivity contribution < 1.29 is 23.9 Å². The van der Waals surface area contributed by atoms with Crippen LogP contribution in [0.2, 0.25) is 0 Å². The third kappa shape index (κ3) is 6.05. The first-order valence-electron chi connectivity index (χ1n) is 8.26. The molecule has 0 aliphatic heterocycles. The highest BCUT2D eigenvalue weighted by Gasteiger charge is 2.09. The Morgan fingerprint density at radius 2 is 1.62 bits per heavy atom. The number of Topliss-reactive ketones (excluding diaryl/α,β-unsaturated/α-hetero) is 1. The molecule has 2 aromatic carbocycles. The molecule has 2 aromatic rings. The van der Waals surface area contributed by atoms with Gasteiger partial charge in [-0.2, -0.15) is 0 Å². The van der Waals surface area contributed by atoms with E-state index in [-0.39, 0.29) is 18.8 Å². The Balaban J connectivity index is 1.77. The lowest BCUT2D eigenvalue weighted by atomic mass is 10.1. The lowest BCUT2D eigenvalue weighted by Crippen LogP contribution is -2.21. The van der Waals surface area contributed by atoms with Gasteiger partial charge in [-0.15, -0.1) is 0 Å². The minimum atomic E-state index is -0.490. The van der Waals surface area contributed by atoms with Gasteiger partial charge in [-0.3, -0.25) is 14.4 Å². The van der Waals surface area contributed by atoms with Crippen molar-refractivity contribution in [2.75, 3.05) is 18.5 Å². The van der Waals surface area contributed by atoms with E-state index in [4.69, 9.17) is 9.47 Å². The van der Waals surface area contributed by atoms with Crippen molar-refractivity contribution in [1.29, 1.82) is 0 Å². The molecule has 0 aliphatic rings. The second-order valence-corrected chi connectivity index (χ2v) is 5.60. The van der Waals surface area contributed by atoms with E-state index in [0.717, 1.165) is 11.3 Å². The lowest BCUT2D eigenvalue weighted by Gasteiger charge is -2.08. The smallest absolute Gasteiger partial charge is 0.310 e. The number of carbonyl (C=O) groups excluding carboxylic acids is 3. The molecule has 0 bridgehead atoms. The summed E-state index contributed by atoms with van der Waals surface area (Å²) in [6.07, 6.45) is 0.0764. The molecule has 1 amide bonds. The summed E-state index contributed by atoms with van der Waals surface area (Å²) in [5.74, 6) is -0.247. The number of hydrogen-bond acceptors (Lipinski definition) is 5. The predicted octanol–water partition coefficient (Wildman–Crippen LogP) is 3.01. The van der Waals surface area contributed by atoms with Gasteiger partial charge in [-0.1, -0.05) is 12.1 Å². The molecule has 0 radical (unpaired) electrons. The van der Waals surface area contributed by atoms with Crippen LogP contribution in [0.15, 0.2) is 48.5 Å². The molecule has 0 spiro atoms. The summed E-state index contributed by atoms with van der Waals surface area (Å²) in [6, 6.07) is 13.6. The molecule has 0 fully saturated rings. The second kappa shape index (κ2) is 9.36. The Hall–Kier alpha value is -3.15. The van der Waals surface area contributed by atoms with Gasteiger partial charge in [0.1, 0.15) is 5.75 Å². The van der Waals surface area contributed by atoms with Crippen LogP contribution in [0.3, 0.4) is 0 Å². The van der Waals surface area contributed by atoms with Crippen LogP contribution < -0.4 is 10.1 Å². The third-order valence-electron chi connectivity index (χ3n) is 3.52. The lowest BCUT2D eigenvalue weighted by molar-refractivity contribution is -0.146. The Kier molecular flexibility index (Phi) is 6.91. The number of benzene rings is 2. The quantitative estimate of drug-likeness (QED) is 0.581. The van der Waals surface area contributed by atoms with Gasteiger partial charge in [-0.05, 0) is 55.8 Å². The monoisotopic (exact) mass is 355 g/mol. The molecule has 2 rings (SSSR count). The number of hydrogen-bond donors (Lipinski definition) is 1. The maximum Gasteiger partial charge on any atom is 0.310 e. The van der Waals surface area contributed by atoms with Crippen LogP contribution in [-0.2, 0) is 20.7 Å². The third-order valence-corrected chi connectivity index (χ3v) is 3.52. The highest BCUT2D eigenvalue weighted by molar-refractivity contribution is 5.96. The van der Waals surface area contributed by atoms with Gasteiger partial charge in [0.15, 0.2) is 12.4 Å². The predicted molar refractivity (Wildman–Crippen MR) is 97.4 cm³/mol. The van der Waals surface area contributed by atoms with Crippen LogP contribution in [0.5, 0.6) is 5.75 Å². The fourth-order valence-corrected chi connectivity index (χ4v) is 2.22. The molecular weight excluding hydrogens is 334 g/mol. The SMILES string of the molecule is CCOc1ccc(CC(=O)OCC(=O)Nc2ccc(C(C)=O)cc2)cc1. The summed E-state index contributed by atoms with van der Waals surface area (Å²) >= 11 is 0. The topological polar surface area (TPSA) is 81.7 Å². The largest absolute Gasteiger partial charge is 0.494 e. The van der Waals surface area contributed by atoms with Crippen LogP contribution in [0.4, 0.5) is 5.69 Å². The molecule has 0 atom stereocenters. The molecule has 0 heterocycles. The molecule has 0 aliphatic carbocycles. The Morgan fingerprint density at radius 3 is 2.19 bits per heavy atom. The molecule has 136 valence electrons. The molecular formula is C20H21NO5. The number of ether oxygens (including phenoxy) is 2. The Bertz CT molecular complexity index is 766. The molecule has 6 heteroatoms. The van der Waals surface area contributed by atoms with E-state index in [1.54, 1.807) is 48.5 Å². The van der Waals surface area contributed by atoms with Crippen molar-refractivity contribution in [3.8, 4) is 5.75 Å². The van der Waals surface area contributed by atoms with E-state index in [2.05, 4.69) is 5.32 Å². The summed E-state index contributed by atoms with van der Waals surface area (Å²) in [5.41, 5.74) is 1.87. The van der Waals surface area contributed by atoms with Crippen molar-refractivity contribution in [3.05, 3.63) is 59.7 Å². The van der Waals surface area contributed by atoms with Crippen molar-refractivity contribution in [1.82, 2.24) is 0 Å². The van der Waals surface area contributed by atoms with Crippen molar-refractivity contribution >= 4 is 23.3 Å². The van der Waals surface area contributed by atoms with Gasteiger partial charge in [0.2, 0.25) is 0 Å². The Labute approximate surface area is 152 Å². The van der Waals surface area contributed by atoms with Crippen molar-refractivity contribution in [2.24, 2.45) is 0 Å². The maximum absolute atomic E-state index is 11.8. The number of amides is 1. The van der Waals surface area contributed by atoms with Crippen LogP contribution in [-0.4, -0.2) is 30.9 Å². The molecule has 0 unspecified atom stereocenters. The van der Waals surface area contributed by atoms with E-state index in [1.807, 2.05) is 6.92 Å². The molecule has 0 saturated carbocycles. The number of esters is 1. The number of rotatable bonds is 8. The summed E-state index contributed by atoms with van der Waals surface area (Å²) in [4.78, 5) is 34.9.